The van der Waals surface area contributed by atoms with Crippen LogP contribution in [0.4, 0.5) is 5.69 Å². The van der Waals surface area contributed by atoms with Crippen molar-refractivity contribution in [3.63, 3.8) is 0 Å². The second kappa shape index (κ2) is 10.8. The molecule has 10 heteroatoms. The molecule has 0 radical (unpaired) electrons. The van der Waals surface area contributed by atoms with Gasteiger partial charge in [-0.25, -0.2) is 0 Å². The smallest absolute Gasteiger partial charge is 0.251 e. The van der Waals surface area contributed by atoms with Crippen LogP contribution in [0.5, 0.6) is 0 Å². The number of rotatable bonds is 8. The van der Waals surface area contributed by atoms with Crippen LogP contribution in [-0.2, 0) is 18.3 Å². The number of aromatic nitrogens is 3. The van der Waals surface area contributed by atoms with Gasteiger partial charge in [-0.1, -0.05) is 60.1 Å². The monoisotopic (exact) mass is 491 g/mol. The molecule has 1 aromatic heterocycles. The molecular weight excluding hydrogens is 469 g/mol. The van der Waals surface area contributed by atoms with Crippen molar-refractivity contribution in [2.75, 3.05) is 11.1 Å². The maximum absolute atomic E-state index is 12.5. The zero-order valence-electron chi connectivity index (χ0n) is 17.9. The summed E-state index contributed by atoms with van der Waals surface area (Å²) in [5.74, 6) is 0.329. The first-order valence-corrected chi connectivity index (χ1v) is 11.7. The molecule has 7 nitrogen and oxygen atoms in total. The maximum Gasteiger partial charge on any atom is 0.251 e. The fourth-order valence-corrected chi connectivity index (χ4v) is 4.09. The number of carbonyl (C=O) groups is 2. The Hall–Kier alpha value is -2.55. The predicted molar refractivity (Wildman–Crippen MR) is 129 cm³/mol. The topological polar surface area (TPSA) is 88.9 Å². The van der Waals surface area contributed by atoms with Crippen molar-refractivity contribution in [2.45, 2.75) is 31.5 Å². The molecule has 2 N–H and O–H groups in total. The van der Waals surface area contributed by atoms with Crippen LogP contribution in [0.15, 0.2) is 47.6 Å². The molecule has 1 atom stereocenters. The number of carbonyl (C=O) groups excluding carboxylic acids is 2. The Bertz CT molecular complexity index is 1140. The van der Waals surface area contributed by atoms with E-state index in [2.05, 4.69) is 20.8 Å². The maximum atomic E-state index is 12.5. The van der Waals surface area contributed by atoms with E-state index in [0.717, 1.165) is 17.7 Å². The summed E-state index contributed by atoms with van der Waals surface area (Å²) in [4.78, 5) is 24.9. The first-order valence-electron chi connectivity index (χ1n) is 9.95. The van der Waals surface area contributed by atoms with Gasteiger partial charge in [0.25, 0.3) is 5.91 Å². The third kappa shape index (κ3) is 5.82. The molecular formula is C22H23Cl2N5O2S. The van der Waals surface area contributed by atoms with Crippen molar-refractivity contribution in [1.82, 2.24) is 20.1 Å². The number of nitrogens with zero attached hydrogens (tertiary/aromatic N) is 3. The minimum atomic E-state index is -0.408. The highest BCUT2D eigenvalue weighted by molar-refractivity contribution is 7.99. The number of hydrogen-bond donors (Lipinski definition) is 2. The van der Waals surface area contributed by atoms with Crippen molar-refractivity contribution in [3.8, 4) is 0 Å². The fraction of sp³-hybridized carbons (Fsp3) is 0.273. The molecule has 0 spiro atoms. The van der Waals surface area contributed by atoms with Crippen LogP contribution in [0.1, 0.15) is 41.6 Å². The van der Waals surface area contributed by atoms with Gasteiger partial charge in [0, 0.05) is 18.3 Å². The zero-order chi connectivity index (χ0) is 23.3. The highest BCUT2D eigenvalue weighted by atomic mass is 35.5. The molecule has 0 aliphatic carbocycles. The molecule has 0 bridgehead atoms. The molecule has 2 aromatic carbocycles. The van der Waals surface area contributed by atoms with Gasteiger partial charge in [0.15, 0.2) is 11.0 Å². The van der Waals surface area contributed by atoms with Crippen molar-refractivity contribution in [3.05, 3.63) is 69.5 Å². The summed E-state index contributed by atoms with van der Waals surface area (Å²) in [6.07, 6.45) is 0.835. The fourth-order valence-electron chi connectivity index (χ4n) is 3.08. The number of amides is 2. The third-order valence-electron chi connectivity index (χ3n) is 4.79. The van der Waals surface area contributed by atoms with Gasteiger partial charge < -0.3 is 15.2 Å². The number of halogens is 2. The van der Waals surface area contributed by atoms with Crippen LogP contribution in [0.3, 0.4) is 0 Å². The minimum absolute atomic E-state index is 0.124. The molecule has 0 fully saturated rings. The largest absolute Gasteiger partial charge is 0.342 e. The third-order valence-corrected chi connectivity index (χ3v) is 6.55. The molecule has 3 aromatic rings. The predicted octanol–water partition coefficient (Wildman–Crippen LogP) is 4.91. The Morgan fingerprint density at radius 3 is 2.59 bits per heavy atom. The molecule has 0 aliphatic heterocycles. The van der Waals surface area contributed by atoms with Crippen LogP contribution < -0.4 is 10.6 Å². The van der Waals surface area contributed by atoms with E-state index in [4.69, 9.17) is 23.2 Å². The number of hydrogen-bond acceptors (Lipinski definition) is 5. The lowest BCUT2D eigenvalue weighted by atomic mass is 10.1. The molecule has 3 rings (SSSR count). The zero-order valence-corrected chi connectivity index (χ0v) is 20.2. The van der Waals surface area contributed by atoms with Gasteiger partial charge in [0.1, 0.15) is 0 Å². The van der Waals surface area contributed by atoms with Crippen LogP contribution >= 0.6 is 35.0 Å². The number of aryl methyl sites for hydroxylation is 1. The Morgan fingerprint density at radius 1 is 1.12 bits per heavy atom. The summed E-state index contributed by atoms with van der Waals surface area (Å²) in [6, 6.07) is 12.0. The Labute approximate surface area is 200 Å². The van der Waals surface area contributed by atoms with E-state index in [1.807, 2.05) is 38.1 Å². The number of benzene rings is 2. The second-order valence-electron chi connectivity index (χ2n) is 7.07. The van der Waals surface area contributed by atoms with E-state index in [1.54, 1.807) is 23.7 Å². The van der Waals surface area contributed by atoms with Crippen molar-refractivity contribution < 1.29 is 9.59 Å². The normalized spacial score (nSPS) is 11.8. The van der Waals surface area contributed by atoms with E-state index in [9.17, 15) is 9.59 Å². The standard InChI is InChI=1S/C22H23Cl2N5O2S/c1-4-14-7-5-6-8-18(14)26-19(30)12-32-22-28-27-20(29(22)3)13(2)25-21(31)15-9-10-16(23)17(24)11-15/h5-11,13H,4,12H2,1-3H3,(H,25,31)(H,26,30)/t13-/m1/s1. The quantitative estimate of drug-likeness (QED) is 0.437. The highest BCUT2D eigenvalue weighted by Crippen LogP contribution is 2.24. The van der Waals surface area contributed by atoms with E-state index in [-0.39, 0.29) is 17.6 Å². The van der Waals surface area contributed by atoms with Crippen molar-refractivity contribution in [2.24, 2.45) is 7.05 Å². The van der Waals surface area contributed by atoms with Gasteiger partial charge in [0.2, 0.25) is 5.91 Å². The van der Waals surface area contributed by atoms with Gasteiger partial charge in [-0.3, -0.25) is 9.59 Å². The number of para-hydroxylation sites is 1. The minimum Gasteiger partial charge on any atom is -0.342 e. The summed E-state index contributed by atoms with van der Waals surface area (Å²) in [7, 11) is 1.80. The molecule has 0 saturated heterocycles. The lowest BCUT2D eigenvalue weighted by Gasteiger charge is -2.14. The molecule has 2 amide bonds. The van der Waals surface area contributed by atoms with Crippen molar-refractivity contribution >= 4 is 52.5 Å². The highest BCUT2D eigenvalue weighted by Gasteiger charge is 2.19. The Morgan fingerprint density at radius 2 is 1.88 bits per heavy atom. The van der Waals surface area contributed by atoms with Gasteiger partial charge in [0.05, 0.1) is 21.8 Å². The lowest BCUT2D eigenvalue weighted by molar-refractivity contribution is -0.113. The number of anilines is 1. The van der Waals surface area contributed by atoms with Gasteiger partial charge >= 0.3 is 0 Å². The SMILES string of the molecule is CCc1ccccc1NC(=O)CSc1nnc([C@@H](C)NC(=O)c2ccc(Cl)c(Cl)c2)n1C. The average molecular weight is 492 g/mol. The van der Waals surface area contributed by atoms with Crippen LogP contribution in [0.2, 0.25) is 10.0 Å². The summed E-state index contributed by atoms with van der Waals surface area (Å²) >= 11 is 13.2. The van der Waals surface area contributed by atoms with Gasteiger partial charge in [-0.05, 0) is 43.2 Å². The molecule has 168 valence electrons. The molecule has 0 saturated carbocycles. The molecule has 0 aliphatic rings. The summed E-state index contributed by atoms with van der Waals surface area (Å²) in [6.45, 7) is 3.85. The average Bonchev–Trinajstić information content (AvgIpc) is 3.14. The first kappa shape index (κ1) is 24.1. The van der Waals surface area contributed by atoms with E-state index < -0.39 is 6.04 Å². The molecule has 0 unspecified atom stereocenters. The number of nitrogens with one attached hydrogen (secondary N) is 2. The van der Waals surface area contributed by atoms with Crippen LogP contribution in [0.25, 0.3) is 0 Å². The lowest BCUT2D eigenvalue weighted by Crippen LogP contribution is -2.28. The summed E-state index contributed by atoms with van der Waals surface area (Å²) in [5.41, 5.74) is 2.29. The first-order chi connectivity index (χ1) is 15.3. The van der Waals surface area contributed by atoms with Gasteiger partial charge in [-0.2, -0.15) is 0 Å². The summed E-state index contributed by atoms with van der Waals surface area (Å²) in [5, 5.41) is 15.4. The van der Waals surface area contributed by atoms with E-state index >= 15 is 0 Å². The van der Waals surface area contributed by atoms with Crippen LogP contribution in [-0.4, -0.2) is 32.3 Å². The van der Waals surface area contributed by atoms with E-state index in [1.165, 1.54) is 17.8 Å². The summed E-state index contributed by atoms with van der Waals surface area (Å²) < 4.78 is 1.76. The second-order valence-corrected chi connectivity index (χ2v) is 8.83. The number of thioether (sulfide) groups is 1. The Kier molecular flexibility index (Phi) is 8.17. The van der Waals surface area contributed by atoms with E-state index in [0.29, 0.717) is 26.6 Å². The molecule has 1 heterocycles. The van der Waals surface area contributed by atoms with Gasteiger partial charge in [-0.15, -0.1) is 10.2 Å². The molecule has 32 heavy (non-hydrogen) atoms. The Balaban J connectivity index is 1.60. The van der Waals surface area contributed by atoms with Crippen molar-refractivity contribution in [1.29, 1.82) is 0 Å². The van der Waals surface area contributed by atoms with Crippen LogP contribution in [0, 0.1) is 0 Å².